The van der Waals surface area contributed by atoms with E-state index in [-0.39, 0.29) is 22.9 Å². The van der Waals surface area contributed by atoms with E-state index >= 15 is 0 Å². The van der Waals surface area contributed by atoms with Crippen molar-refractivity contribution in [1.82, 2.24) is 4.57 Å². The van der Waals surface area contributed by atoms with Crippen LogP contribution in [0.2, 0.25) is 10.0 Å². The first kappa shape index (κ1) is 21.8. The molecule has 3 heterocycles. The van der Waals surface area contributed by atoms with Gasteiger partial charge in [0.05, 0.1) is 27.4 Å². The molecule has 4 rings (SSSR count). The van der Waals surface area contributed by atoms with Gasteiger partial charge in [-0.15, -0.1) is 11.3 Å². The molecule has 1 aromatic carbocycles. The van der Waals surface area contributed by atoms with Crippen LogP contribution in [-0.4, -0.2) is 22.2 Å². The van der Waals surface area contributed by atoms with E-state index in [1.54, 1.807) is 13.8 Å². The van der Waals surface area contributed by atoms with Crippen molar-refractivity contribution in [2.75, 3.05) is 6.61 Å². The van der Waals surface area contributed by atoms with Gasteiger partial charge in [0.1, 0.15) is 11.8 Å². The lowest BCUT2D eigenvalue weighted by Crippen LogP contribution is -2.39. The van der Waals surface area contributed by atoms with Crippen molar-refractivity contribution in [3.63, 3.8) is 0 Å². The number of thiazole rings is 1. The van der Waals surface area contributed by atoms with E-state index in [1.807, 2.05) is 17.5 Å². The maximum Gasteiger partial charge on any atom is 0.338 e. The highest BCUT2D eigenvalue weighted by molar-refractivity contribution is 7.10. The minimum absolute atomic E-state index is 0.0865. The smallest absolute Gasteiger partial charge is 0.338 e. The molecular weight excluding hydrogens is 479 g/mol. The van der Waals surface area contributed by atoms with E-state index in [0.29, 0.717) is 31.2 Å². The molecule has 2 aromatic heterocycles. The Morgan fingerprint density at radius 1 is 1.39 bits per heavy atom. The van der Waals surface area contributed by atoms with Gasteiger partial charge in [0.15, 0.2) is 4.80 Å². The molecule has 0 fully saturated rings. The van der Waals surface area contributed by atoms with Crippen molar-refractivity contribution >= 4 is 57.9 Å². The number of phenolic OH excluding ortho intramolecular Hbond substituents is 1. The van der Waals surface area contributed by atoms with Gasteiger partial charge in [-0.25, -0.2) is 9.79 Å². The summed E-state index contributed by atoms with van der Waals surface area (Å²) in [5.41, 5.74) is 0.805. The highest BCUT2D eigenvalue weighted by Gasteiger charge is 2.33. The van der Waals surface area contributed by atoms with Crippen LogP contribution < -0.4 is 14.9 Å². The number of halogens is 2. The molecule has 0 saturated carbocycles. The standard InChI is InChI=1S/C21H16Cl2N2O4S2/c1-3-29-20(28)16-10(2)24-21-25(17(16)14-5-4-6-30-14)19(27)15(31-21)8-11-7-12(22)9-13(23)18(11)26/h4-9,17,26H,3H2,1-2H3/t17-/m1/s1. The average molecular weight is 495 g/mol. The summed E-state index contributed by atoms with van der Waals surface area (Å²) in [7, 11) is 0. The molecule has 1 aliphatic rings. The van der Waals surface area contributed by atoms with Crippen LogP contribution in [0.5, 0.6) is 5.75 Å². The number of allylic oxidation sites excluding steroid dienone is 1. The topological polar surface area (TPSA) is 80.9 Å². The Morgan fingerprint density at radius 3 is 2.84 bits per heavy atom. The van der Waals surface area contributed by atoms with E-state index in [0.717, 1.165) is 16.2 Å². The number of carbonyl (C=O) groups is 1. The van der Waals surface area contributed by atoms with Gasteiger partial charge in [0.25, 0.3) is 5.56 Å². The largest absolute Gasteiger partial charge is 0.506 e. The highest BCUT2D eigenvalue weighted by Crippen LogP contribution is 2.34. The number of rotatable bonds is 4. The zero-order valence-electron chi connectivity index (χ0n) is 16.4. The third kappa shape index (κ3) is 3.96. The van der Waals surface area contributed by atoms with Gasteiger partial charge in [-0.3, -0.25) is 9.36 Å². The number of ether oxygens (including phenoxy) is 1. The lowest BCUT2D eigenvalue weighted by molar-refractivity contribution is -0.139. The van der Waals surface area contributed by atoms with Gasteiger partial charge in [0, 0.05) is 15.5 Å². The molecule has 6 nitrogen and oxygen atoms in total. The summed E-state index contributed by atoms with van der Waals surface area (Å²) < 4.78 is 7.06. The SMILES string of the molecule is CCOC(=O)C1=C(C)N=c2sc(=Cc3cc(Cl)cc(Cl)c3O)c(=O)n2[C@@H]1c1cccs1. The molecule has 0 radical (unpaired) electrons. The number of esters is 1. The fourth-order valence-corrected chi connectivity index (χ4v) is 5.71. The number of carbonyl (C=O) groups excluding carboxylic acids is 1. The van der Waals surface area contributed by atoms with Gasteiger partial charge >= 0.3 is 5.97 Å². The molecule has 3 aromatic rings. The Kier molecular flexibility index (Phi) is 6.07. The van der Waals surface area contributed by atoms with Gasteiger partial charge < -0.3 is 9.84 Å². The summed E-state index contributed by atoms with van der Waals surface area (Å²) in [6.07, 6.45) is 1.52. The quantitative estimate of drug-likeness (QED) is 0.558. The third-order valence-electron chi connectivity index (χ3n) is 4.67. The van der Waals surface area contributed by atoms with Crippen LogP contribution in [0.4, 0.5) is 0 Å². The Bertz CT molecular complexity index is 1390. The summed E-state index contributed by atoms with van der Waals surface area (Å²) in [5, 5.41) is 12.6. The molecule has 31 heavy (non-hydrogen) atoms. The van der Waals surface area contributed by atoms with Gasteiger partial charge in [-0.1, -0.05) is 40.6 Å². The number of hydrogen-bond acceptors (Lipinski definition) is 7. The normalized spacial score (nSPS) is 16.3. The lowest BCUT2D eigenvalue weighted by atomic mass is 10.0. The summed E-state index contributed by atoms with van der Waals surface area (Å²) in [6.45, 7) is 3.67. The summed E-state index contributed by atoms with van der Waals surface area (Å²) in [4.78, 5) is 31.9. The van der Waals surface area contributed by atoms with Gasteiger partial charge in [-0.05, 0) is 43.5 Å². The van der Waals surface area contributed by atoms with Crippen molar-refractivity contribution in [1.29, 1.82) is 0 Å². The zero-order chi connectivity index (χ0) is 22.3. The van der Waals surface area contributed by atoms with E-state index in [9.17, 15) is 14.7 Å². The third-order valence-corrected chi connectivity index (χ3v) is 7.09. The monoisotopic (exact) mass is 494 g/mol. The van der Waals surface area contributed by atoms with Gasteiger partial charge in [0.2, 0.25) is 0 Å². The number of phenols is 1. The number of nitrogens with zero attached hydrogens (tertiary/aromatic N) is 2. The lowest BCUT2D eigenvalue weighted by Gasteiger charge is -2.23. The molecule has 0 bridgehead atoms. The second-order valence-corrected chi connectivity index (χ2v) is 9.48. The summed E-state index contributed by atoms with van der Waals surface area (Å²) >= 11 is 14.7. The highest BCUT2D eigenvalue weighted by atomic mass is 35.5. The molecule has 1 atom stereocenters. The fraction of sp³-hybridized carbons (Fsp3) is 0.190. The molecular formula is C21H16Cl2N2O4S2. The van der Waals surface area contributed by atoms with E-state index in [4.69, 9.17) is 27.9 Å². The summed E-state index contributed by atoms with van der Waals surface area (Å²) in [5.74, 6) is -0.675. The van der Waals surface area contributed by atoms with E-state index in [1.165, 1.54) is 34.1 Å². The number of aromatic hydroxyl groups is 1. The van der Waals surface area contributed by atoms with Crippen molar-refractivity contribution in [2.24, 2.45) is 4.99 Å². The Morgan fingerprint density at radius 2 is 2.16 bits per heavy atom. The molecule has 0 amide bonds. The van der Waals surface area contributed by atoms with Crippen LogP contribution >= 0.6 is 45.9 Å². The molecule has 160 valence electrons. The van der Waals surface area contributed by atoms with Crippen LogP contribution in [0, 0.1) is 0 Å². The van der Waals surface area contributed by atoms with Crippen molar-refractivity contribution in [3.05, 3.63) is 81.1 Å². The molecule has 1 aliphatic heterocycles. The number of benzene rings is 1. The number of fused-ring (bicyclic) bond motifs is 1. The first-order chi connectivity index (χ1) is 14.8. The van der Waals surface area contributed by atoms with Crippen LogP contribution in [0.1, 0.15) is 30.3 Å². The molecule has 1 N–H and O–H groups in total. The van der Waals surface area contributed by atoms with Crippen LogP contribution in [-0.2, 0) is 9.53 Å². The van der Waals surface area contributed by atoms with E-state index in [2.05, 4.69) is 4.99 Å². The minimum atomic E-state index is -0.644. The second kappa shape index (κ2) is 8.63. The Labute approximate surface area is 195 Å². The van der Waals surface area contributed by atoms with Crippen LogP contribution in [0.3, 0.4) is 0 Å². The predicted molar refractivity (Wildman–Crippen MR) is 123 cm³/mol. The maximum absolute atomic E-state index is 13.4. The molecule has 0 spiro atoms. The zero-order valence-corrected chi connectivity index (χ0v) is 19.5. The fourth-order valence-electron chi connectivity index (χ4n) is 3.34. The number of thiophene rings is 1. The van der Waals surface area contributed by atoms with Crippen molar-refractivity contribution in [3.8, 4) is 5.75 Å². The number of aromatic nitrogens is 1. The van der Waals surface area contributed by atoms with Gasteiger partial charge in [-0.2, -0.15) is 0 Å². The predicted octanol–water partition coefficient (Wildman–Crippen LogP) is 3.87. The summed E-state index contributed by atoms with van der Waals surface area (Å²) in [6, 6.07) is 6.03. The first-order valence-electron chi connectivity index (χ1n) is 9.23. The van der Waals surface area contributed by atoms with Crippen LogP contribution in [0.25, 0.3) is 6.08 Å². The Hall–Kier alpha value is -2.39. The molecule has 0 unspecified atom stereocenters. The van der Waals surface area contributed by atoms with E-state index < -0.39 is 12.0 Å². The second-order valence-electron chi connectivity index (χ2n) is 6.64. The minimum Gasteiger partial charge on any atom is -0.506 e. The number of hydrogen-bond donors (Lipinski definition) is 1. The average Bonchev–Trinajstić information content (AvgIpc) is 3.34. The Balaban J connectivity index is 1.97. The maximum atomic E-state index is 13.4. The van der Waals surface area contributed by atoms with Crippen molar-refractivity contribution in [2.45, 2.75) is 19.9 Å². The van der Waals surface area contributed by atoms with Crippen LogP contribution in [0.15, 0.2) is 50.7 Å². The molecule has 0 aliphatic carbocycles. The molecule has 10 heteroatoms. The first-order valence-corrected chi connectivity index (χ1v) is 11.7. The van der Waals surface area contributed by atoms with Crippen molar-refractivity contribution < 1.29 is 14.6 Å². The molecule has 0 saturated heterocycles.